The summed E-state index contributed by atoms with van der Waals surface area (Å²) in [4.78, 5) is 18.9. The number of hydrogen-bond acceptors (Lipinski definition) is 4. The Kier molecular flexibility index (Phi) is 3.43. The second-order valence-electron chi connectivity index (χ2n) is 4.78. The van der Waals surface area contributed by atoms with Crippen molar-refractivity contribution in [2.24, 2.45) is 0 Å². The summed E-state index contributed by atoms with van der Waals surface area (Å²) >= 11 is 1.48. The van der Waals surface area contributed by atoms with E-state index >= 15 is 0 Å². The molecule has 1 aliphatic heterocycles. The van der Waals surface area contributed by atoms with Gasteiger partial charge in [0, 0.05) is 13.1 Å². The molecule has 0 aromatic carbocycles. The number of nitrogens with zero attached hydrogens (tertiary/aromatic N) is 3. The van der Waals surface area contributed by atoms with Crippen molar-refractivity contribution in [3.8, 4) is 0 Å². The van der Waals surface area contributed by atoms with Crippen LogP contribution in [0.4, 0.5) is 0 Å². The predicted molar refractivity (Wildman–Crippen MR) is 74.2 cm³/mol. The lowest BCUT2D eigenvalue weighted by molar-refractivity contribution is 0.220. The second-order valence-corrected chi connectivity index (χ2v) is 5.70. The summed E-state index contributed by atoms with van der Waals surface area (Å²) in [5.41, 5.74) is 0.922. The van der Waals surface area contributed by atoms with Crippen LogP contribution in [0, 0.1) is 0 Å². The molecule has 18 heavy (non-hydrogen) atoms. The molecule has 5 heteroatoms. The smallest absolute Gasteiger partial charge is 0.271 e. The third-order valence-electron chi connectivity index (χ3n) is 3.54. The van der Waals surface area contributed by atoms with Gasteiger partial charge in [0.1, 0.15) is 4.70 Å². The molecule has 3 heterocycles. The molecule has 1 fully saturated rings. The van der Waals surface area contributed by atoms with Crippen LogP contribution in [0.1, 0.15) is 19.3 Å². The van der Waals surface area contributed by atoms with Crippen LogP contribution in [0.15, 0.2) is 22.6 Å². The monoisotopic (exact) mass is 263 g/mol. The first-order valence-corrected chi connectivity index (χ1v) is 7.37. The van der Waals surface area contributed by atoms with Crippen LogP contribution in [-0.2, 0) is 6.54 Å². The molecule has 0 amide bonds. The van der Waals surface area contributed by atoms with E-state index in [1.54, 1.807) is 10.9 Å². The second kappa shape index (κ2) is 5.20. The van der Waals surface area contributed by atoms with Gasteiger partial charge in [-0.3, -0.25) is 9.36 Å². The summed E-state index contributed by atoms with van der Waals surface area (Å²) in [5, 5.41) is 1.92. The van der Waals surface area contributed by atoms with Gasteiger partial charge in [-0.05, 0) is 37.4 Å². The van der Waals surface area contributed by atoms with E-state index in [1.165, 1.54) is 43.7 Å². The third kappa shape index (κ3) is 2.33. The average molecular weight is 263 g/mol. The summed E-state index contributed by atoms with van der Waals surface area (Å²) in [6.07, 6.45) is 5.61. The van der Waals surface area contributed by atoms with Gasteiger partial charge in [-0.15, -0.1) is 11.3 Å². The normalized spacial score (nSPS) is 17.3. The first kappa shape index (κ1) is 11.9. The van der Waals surface area contributed by atoms with Crippen LogP contribution < -0.4 is 5.56 Å². The Balaban J connectivity index is 1.74. The fourth-order valence-electron chi connectivity index (χ4n) is 2.47. The van der Waals surface area contributed by atoms with Crippen molar-refractivity contribution < 1.29 is 0 Å². The van der Waals surface area contributed by atoms with Crippen LogP contribution in [0.25, 0.3) is 10.2 Å². The summed E-state index contributed by atoms with van der Waals surface area (Å²) in [6, 6.07) is 1.90. The molecule has 0 atom stereocenters. The van der Waals surface area contributed by atoms with E-state index in [4.69, 9.17) is 0 Å². The van der Waals surface area contributed by atoms with Gasteiger partial charge in [0.15, 0.2) is 0 Å². The van der Waals surface area contributed by atoms with Crippen molar-refractivity contribution in [1.29, 1.82) is 0 Å². The number of hydrogen-bond donors (Lipinski definition) is 0. The van der Waals surface area contributed by atoms with E-state index in [0.717, 1.165) is 23.3 Å². The van der Waals surface area contributed by atoms with Gasteiger partial charge in [0.2, 0.25) is 0 Å². The Morgan fingerprint density at radius 1 is 1.22 bits per heavy atom. The molecule has 0 saturated carbocycles. The van der Waals surface area contributed by atoms with E-state index in [-0.39, 0.29) is 5.56 Å². The third-order valence-corrected chi connectivity index (χ3v) is 4.43. The molecule has 0 N–H and O–H groups in total. The molecular formula is C13H17N3OS. The van der Waals surface area contributed by atoms with Crippen LogP contribution in [0.3, 0.4) is 0 Å². The molecule has 2 aromatic rings. The van der Waals surface area contributed by atoms with Gasteiger partial charge in [-0.25, -0.2) is 4.98 Å². The van der Waals surface area contributed by atoms with Crippen molar-refractivity contribution in [3.63, 3.8) is 0 Å². The van der Waals surface area contributed by atoms with Crippen molar-refractivity contribution >= 4 is 21.6 Å². The maximum atomic E-state index is 12.2. The maximum absolute atomic E-state index is 12.2. The molecule has 0 spiro atoms. The van der Waals surface area contributed by atoms with Crippen LogP contribution in [0.5, 0.6) is 0 Å². The van der Waals surface area contributed by atoms with E-state index < -0.39 is 0 Å². The SMILES string of the molecule is O=c1c2sccc2ncn1CCN1CCCCC1. The lowest BCUT2D eigenvalue weighted by atomic mass is 10.1. The van der Waals surface area contributed by atoms with Gasteiger partial charge in [0.05, 0.1) is 11.8 Å². The quantitative estimate of drug-likeness (QED) is 0.849. The zero-order valence-electron chi connectivity index (χ0n) is 10.3. The van der Waals surface area contributed by atoms with Crippen molar-refractivity contribution in [2.75, 3.05) is 19.6 Å². The van der Waals surface area contributed by atoms with Crippen molar-refractivity contribution in [1.82, 2.24) is 14.5 Å². The molecule has 4 nitrogen and oxygen atoms in total. The summed E-state index contributed by atoms with van der Waals surface area (Å²) in [6.45, 7) is 4.05. The minimum Gasteiger partial charge on any atom is -0.302 e. The molecule has 1 aliphatic rings. The van der Waals surface area contributed by atoms with E-state index in [0.29, 0.717) is 0 Å². The van der Waals surface area contributed by atoms with E-state index in [2.05, 4.69) is 9.88 Å². The zero-order valence-corrected chi connectivity index (χ0v) is 11.2. The van der Waals surface area contributed by atoms with Gasteiger partial charge >= 0.3 is 0 Å². The van der Waals surface area contributed by atoms with Gasteiger partial charge in [0.25, 0.3) is 5.56 Å². The van der Waals surface area contributed by atoms with Gasteiger partial charge < -0.3 is 4.90 Å². The fourth-order valence-corrected chi connectivity index (χ4v) is 3.26. The standard InChI is InChI=1S/C13H17N3OS/c17-13-12-11(4-9-18-12)14-10-16(13)8-7-15-5-2-1-3-6-15/h4,9-10H,1-3,5-8H2. The molecule has 3 rings (SSSR count). The maximum Gasteiger partial charge on any atom is 0.271 e. The highest BCUT2D eigenvalue weighted by Crippen LogP contribution is 2.13. The Morgan fingerprint density at radius 2 is 2.06 bits per heavy atom. The van der Waals surface area contributed by atoms with Crippen LogP contribution >= 0.6 is 11.3 Å². The number of likely N-dealkylation sites (tertiary alicyclic amines) is 1. The molecule has 0 radical (unpaired) electrons. The highest BCUT2D eigenvalue weighted by atomic mass is 32.1. The zero-order chi connectivity index (χ0) is 12.4. The Morgan fingerprint density at radius 3 is 2.89 bits per heavy atom. The van der Waals surface area contributed by atoms with Crippen LogP contribution in [0.2, 0.25) is 0 Å². The average Bonchev–Trinajstić information content (AvgIpc) is 2.88. The first-order chi connectivity index (χ1) is 8.84. The predicted octanol–water partition coefficient (Wildman–Crippen LogP) is 1.94. The molecule has 1 saturated heterocycles. The molecule has 0 unspecified atom stereocenters. The molecule has 0 aliphatic carbocycles. The topological polar surface area (TPSA) is 38.1 Å². The molecule has 0 bridgehead atoms. The Hall–Kier alpha value is -1.20. The number of thiophene rings is 1. The van der Waals surface area contributed by atoms with E-state index in [1.807, 2.05) is 11.4 Å². The van der Waals surface area contributed by atoms with Crippen LogP contribution in [-0.4, -0.2) is 34.1 Å². The lowest BCUT2D eigenvalue weighted by Gasteiger charge is -2.26. The number of piperidine rings is 1. The van der Waals surface area contributed by atoms with E-state index in [9.17, 15) is 4.79 Å². The van der Waals surface area contributed by atoms with Gasteiger partial charge in [-0.2, -0.15) is 0 Å². The first-order valence-electron chi connectivity index (χ1n) is 6.49. The minimum absolute atomic E-state index is 0.104. The highest BCUT2D eigenvalue weighted by molar-refractivity contribution is 7.17. The molecular weight excluding hydrogens is 246 g/mol. The lowest BCUT2D eigenvalue weighted by Crippen LogP contribution is -2.34. The highest BCUT2D eigenvalue weighted by Gasteiger charge is 2.11. The summed E-state index contributed by atoms with van der Waals surface area (Å²) < 4.78 is 2.52. The summed E-state index contributed by atoms with van der Waals surface area (Å²) in [5.74, 6) is 0. The molecule has 2 aromatic heterocycles. The Labute approximate surface area is 110 Å². The summed E-state index contributed by atoms with van der Waals surface area (Å²) in [7, 11) is 0. The minimum atomic E-state index is 0.104. The van der Waals surface area contributed by atoms with Gasteiger partial charge in [-0.1, -0.05) is 6.42 Å². The molecule has 96 valence electrons. The Bertz CT molecular complexity index is 583. The number of rotatable bonds is 3. The van der Waals surface area contributed by atoms with Crippen molar-refractivity contribution in [2.45, 2.75) is 25.8 Å². The largest absolute Gasteiger partial charge is 0.302 e. The fraction of sp³-hybridized carbons (Fsp3) is 0.538. The number of aromatic nitrogens is 2. The number of fused-ring (bicyclic) bond motifs is 1. The van der Waals surface area contributed by atoms with Crippen molar-refractivity contribution in [3.05, 3.63) is 28.1 Å².